The Morgan fingerprint density at radius 3 is 2.47 bits per heavy atom. The van der Waals surface area contributed by atoms with Gasteiger partial charge in [0.1, 0.15) is 10.7 Å². The Balaban J connectivity index is 2.96. The highest BCUT2D eigenvalue weighted by Gasteiger charge is 2.32. The normalized spacial score (nSPS) is 12.2. The van der Waals surface area contributed by atoms with Gasteiger partial charge in [-0.05, 0) is 27.8 Å². The first-order valence-electron chi connectivity index (χ1n) is 5.30. The lowest BCUT2D eigenvalue weighted by Gasteiger charge is -2.31. The quantitative estimate of drug-likeness (QED) is 0.894. The first-order valence-corrected chi connectivity index (χ1v) is 5.68. The average Bonchev–Trinajstić information content (AvgIpc) is 2.44. The van der Waals surface area contributed by atoms with Crippen LogP contribution in [0.15, 0.2) is 0 Å². The molecule has 1 rings (SSSR count). The standard InChI is InChI=1S/C11H18ClN3O2/c1-7-8(9(12)15(5)13-7)6-14(4)11(2,3)10(16)17/h6H2,1-5H3,(H,16,17). The smallest absolute Gasteiger partial charge is 0.323 e. The molecule has 0 aliphatic heterocycles. The maximum Gasteiger partial charge on any atom is 0.323 e. The van der Waals surface area contributed by atoms with Crippen LogP contribution < -0.4 is 0 Å². The first kappa shape index (κ1) is 14.0. The Kier molecular flexibility index (Phi) is 3.84. The van der Waals surface area contributed by atoms with Crippen molar-refractivity contribution in [1.29, 1.82) is 0 Å². The van der Waals surface area contributed by atoms with Crippen molar-refractivity contribution >= 4 is 17.6 Å². The van der Waals surface area contributed by atoms with Crippen LogP contribution in [0.4, 0.5) is 0 Å². The highest BCUT2D eigenvalue weighted by atomic mass is 35.5. The zero-order valence-corrected chi connectivity index (χ0v) is 11.5. The van der Waals surface area contributed by atoms with Crippen molar-refractivity contribution in [3.63, 3.8) is 0 Å². The van der Waals surface area contributed by atoms with E-state index in [0.717, 1.165) is 11.3 Å². The van der Waals surface area contributed by atoms with Gasteiger partial charge in [-0.1, -0.05) is 11.6 Å². The molecule has 5 nitrogen and oxygen atoms in total. The van der Waals surface area contributed by atoms with E-state index in [1.165, 1.54) is 0 Å². The molecule has 0 aromatic carbocycles. The van der Waals surface area contributed by atoms with Crippen molar-refractivity contribution < 1.29 is 9.90 Å². The summed E-state index contributed by atoms with van der Waals surface area (Å²) in [5, 5.41) is 13.9. The van der Waals surface area contributed by atoms with Crippen molar-refractivity contribution in [3.8, 4) is 0 Å². The molecule has 1 aromatic rings. The highest BCUT2D eigenvalue weighted by molar-refractivity contribution is 6.30. The molecule has 1 N–H and O–H groups in total. The van der Waals surface area contributed by atoms with Gasteiger partial charge in [-0.2, -0.15) is 5.10 Å². The number of nitrogens with zero attached hydrogens (tertiary/aromatic N) is 3. The van der Waals surface area contributed by atoms with Crippen LogP contribution in [0.2, 0.25) is 5.15 Å². The van der Waals surface area contributed by atoms with E-state index in [1.54, 1.807) is 37.5 Å². The van der Waals surface area contributed by atoms with Crippen molar-refractivity contribution in [1.82, 2.24) is 14.7 Å². The Bertz CT molecular complexity index is 440. The summed E-state index contributed by atoms with van der Waals surface area (Å²) >= 11 is 6.11. The van der Waals surface area contributed by atoms with Crippen LogP contribution >= 0.6 is 11.6 Å². The van der Waals surface area contributed by atoms with Crippen molar-refractivity contribution in [2.24, 2.45) is 7.05 Å². The number of aliphatic carboxylic acids is 1. The molecule has 0 unspecified atom stereocenters. The molecule has 0 aliphatic carbocycles. The molecular formula is C11H18ClN3O2. The Morgan fingerprint density at radius 1 is 1.59 bits per heavy atom. The Morgan fingerprint density at radius 2 is 2.12 bits per heavy atom. The summed E-state index contributed by atoms with van der Waals surface area (Å²) in [6.45, 7) is 5.64. The van der Waals surface area contributed by atoms with Gasteiger partial charge in [0.15, 0.2) is 0 Å². The lowest BCUT2D eigenvalue weighted by Crippen LogP contribution is -2.47. The summed E-state index contributed by atoms with van der Waals surface area (Å²) < 4.78 is 1.59. The average molecular weight is 260 g/mol. The number of aromatic nitrogens is 2. The topological polar surface area (TPSA) is 58.4 Å². The molecule has 1 heterocycles. The van der Waals surface area contributed by atoms with E-state index < -0.39 is 11.5 Å². The number of hydrogen-bond acceptors (Lipinski definition) is 3. The fourth-order valence-corrected chi connectivity index (χ4v) is 1.69. The SMILES string of the molecule is Cc1nn(C)c(Cl)c1CN(C)C(C)(C)C(=O)O. The Hall–Kier alpha value is -1.07. The zero-order chi connectivity index (χ0) is 13.4. The number of carboxylic acids is 1. The molecule has 0 amide bonds. The molecule has 17 heavy (non-hydrogen) atoms. The summed E-state index contributed by atoms with van der Waals surface area (Å²) in [4.78, 5) is 12.9. The molecule has 96 valence electrons. The summed E-state index contributed by atoms with van der Waals surface area (Å²) in [6, 6.07) is 0. The van der Waals surface area contributed by atoms with Gasteiger partial charge in [0.2, 0.25) is 0 Å². The van der Waals surface area contributed by atoms with Crippen LogP contribution in [0, 0.1) is 6.92 Å². The minimum atomic E-state index is -0.939. The molecule has 0 atom stereocenters. The van der Waals surface area contributed by atoms with E-state index in [9.17, 15) is 4.79 Å². The molecule has 0 spiro atoms. The molecule has 0 aliphatic rings. The highest BCUT2D eigenvalue weighted by Crippen LogP contribution is 2.23. The largest absolute Gasteiger partial charge is 0.480 e. The van der Waals surface area contributed by atoms with Gasteiger partial charge < -0.3 is 5.11 Å². The fraction of sp³-hybridized carbons (Fsp3) is 0.636. The second-order valence-electron chi connectivity index (χ2n) is 4.70. The lowest BCUT2D eigenvalue weighted by atomic mass is 10.0. The number of halogens is 1. The number of rotatable bonds is 4. The van der Waals surface area contributed by atoms with E-state index in [-0.39, 0.29) is 0 Å². The minimum absolute atomic E-state index is 0.456. The summed E-state index contributed by atoms with van der Waals surface area (Å²) in [5.41, 5.74) is 0.752. The van der Waals surface area contributed by atoms with E-state index in [2.05, 4.69) is 5.10 Å². The zero-order valence-electron chi connectivity index (χ0n) is 10.8. The molecule has 0 saturated heterocycles. The molecule has 6 heteroatoms. The number of likely N-dealkylation sites (N-methyl/N-ethyl adjacent to an activating group) is 1. The summed E-state index contributed by atoms with van der Waals surface area (Å²) in [5.74, 6) is -0.863. The van der Waals surface area contributed by atoms with Crippen LogP contribution in [0.3, 0.4) is 0 Å². The third-order valence-corrected chi connectivity index (χ3v) is 3.62. The third kappa shape index (κ3) is 2.61. The number of hydrogen-bond donors (Lipinski definition) is 1. The van der Waals surface area contributed by atoms with Crippen LogP contribution in [-0.2, 0) is 18.4 Å². The Labute approximate surface area is 106 Å². The van der Waals surface area contributed by atoms with Gasteiger partial charge >= 0.3 is 5.97 Å². The van der Waals surface area contributed by atoms with Gasteiger partial charge in [0.05, 0.1) is 5.69 Å². The monoisotopic (exact) mass is 259 g/mol. The second kappa shape index (κ2) is 4.66. The van der Waals surface area contributed by atoms with Gasteiger partial charge in [-0.15, -0.1) is 0 Å². The molecular weight excluding hydrogens is 242 g/mol. The van der Waals surface area contributed by atoms with E-state index in [4.69, 9.17) is 16.7 Å². The predicted octanol–water partition coefficient (Wildman–Crippen LogP) is 1.68. The predicted molar refractivity (Wildman–Crippen MR) is 66.1 cm³/mol. The molecule has 0 bridgehead atoms. The number of carbonyl (C=O) groups is 1. The molecule has 1 aromatic heterocycles. The van der Waals surface area contributed by atoms with Gasteiger partial charge in [-0.3, -0.25) is 14.4 Å². The van der Waals surface area contributed by atoms with Crippen molar-refractivity contribution in [2.75, 3.05) is 7.05 Å². The molecule has 0 radical (unpaired) electrons. The van der Waals surface area contributed by atoms with Crippen LogP contribution in [0.1, 0.15) is 25.1 Å². The first-order chi connectivity index (χ1) is 7.67. The van der Waals surface area contributed by atoms with E-state index >= 15 is 0 Å². The number of carboxylic acid groups (broad SMARTS) is 1. The van der Waals surface area contributed by atoms with Crippen molar-refractivity contribution in [3.05, 3.63) is 16.4 Å². The second-order valence-corrected chi connectivity index (χ2v) is 5.06. The summed E-state index contributed by atoms with van der Waals surface area (Å²) in [7, 11) is 3.53. The van der Waals surface area contributed by atoms with Crippen LogP contribution in [0.5, 0.6) is 0 Å². The van der Waals surface area contributed by atoms with E-state index in [0.29, 0.717) is 11.7 Å². The summed E-state index contributed by atoms with van der Waals surface area (Å²) in [6.07, 6.45) is 0. The number of aryl methyl sites for hydroxylation is 2. The minimum Gasteiger partial charge on any atom is -0.480 e. The van der Waals surface area contributed by atoms with Gasteiger partial charge in [0, 0.05) is 19.2 Å². The maximum absolute atomic E-state index is 11.1. The molecule has 0 fully saturated rings. The fourth-order valence-electron chi connectivity index (χ4n) is 1.45. The maximum atomic E-state index is 11.1. The van der Waals surface area contributed by atoms with Gasteiger partial charge in [-0.25, -0.2) is 0 Å². The van der Waals surface area contributed by atoms with Crippen molar-refractivity contribution in [2.45, 2.75) is 32.9 Å². The molecule has 0 saturated carbocycles. The third-order valence-electron chi connectivity index (χ3n) is 3.14. The lowest BCUT2D eigenvalue weighted by molar-refractivity contribution is -0.148. The van der Waals surface area contributed by atoms with Crippen LogP contribution in [0.25, 0.3) is 0 Å². The van der Waals surface area contributed by atoms with E-state index in [1.807, 2.05) is 6.92 Å². The van der Waals surface area contributed by atoms with Crippen LogP contribution in [-0.4, -0.2) is 38.3 Å². The van der Waals surface area contributed by atoms with Gasteiger partial charge in [0.25, 0.3) is 0 Å².